The molecule has 0 saturated carbocycles. The fourth-order valence-electron chi connectivity index (χ4n) is 1.57. The van der Waals surface area contributed by atoms with E-state index in [4.69, 9.17) is 22.1 Å². The third kappa shape index (κ3) is 3.69. The van der Waals surface area contributed by atoms with Gasteiger partial charge in [-0.3, -0.25) is 4.98 Å². The molecule has 98 valence electrons. The summed E-state index contributed by atoms with van der Waals surface area (Å²) in [5.41, 5.74) is 7.26. The highest BCUT2D eigenvalue weighted by molar-refractivity contribution is 6.33. The third-order valence-electron chi connectivity index (χ3n) is 2.53. The molecule has 19 heavy (non-hydrogen) atoms. The van der Waals surface area contributed by atoms with Gasteiger partial charge in [0.25, 0.3) is 0 Å². The summed E-state index contributed by atoms with van der Waals surface area (Å²) in [5, 5.41) is 0.294. The van der Waals surface area contributed by atoms with Crippen molar-refractivity contribution in [3.63, 3.8) is 0 Å². The van der Waals surface area contributed by atoms with Crippen LogP contribution in [0.5, 0.6) is 0 Å². The molecular formula is C14H13ClN2O2. The molecule has 0 unspecified atom stereocenters. The largest absolute Gasteiger partial charge is 0.462 e. The number of rotatable bonds is 4. The predicted octanol–water partition coefficient (Wildman–Crippen LogP) is 2.72. The Morgan fingerprint density at radius 2 is 2.16 bits per heavy atom. The maximum Gasteiger partial charge on any atom is 0.339 e. The smallest absolute Gasteiger partial charge is 0.339 e. The molecule has 0 aliphatic rings. The molecule has 0 saturated heterocycles. The van der Waals surface area contributed by atoms with E-state index < -0.39 is 5.97 Å². The molecule has 2 N–H and O–H groups in total. The van der Waals surface area contributed by atoms with Crippen molar-refractivity contribution in [3.05, 3.63) is 58.9 Å². The highest BCUT2D eigenvalue weighted by atomic mass is 35.5. The number of anilines is 1. The molecule has 4 nitrogen and oxygen atoms in total. The fourth-order valence-corrected chi connectivity index (χ4v) is 1.84. The average Bonchev–Trinajstić information content (AvgIpc) is 2.39. The summed E-state index contributed by atoms with van der Waals surface area (Å²) in [6.45, 7) is 0.260. The Kier molecular flexibility index (Phi) is 4.36. The van der Waals surface area contributed by atoms with E-state index in [-0.39, 0.29) is 6.61 Å². The molecule has 2 rings (SSSR count). The number of nitrogens with zero attached hydrogens (tertiary/aromatic N) is 1. The molecule has 0 radical (unpaired) electrons. The number of benzene rings is 1. The fraction of sp³-hybridized carbons (Fsp3) is 0.143. The van der Waals surface area contributed by atoms with Crippen LogP contribution in [0.3, 0.4) is 0 Å². The van der Waals surface area contributed by atoms with Crippen LogP contribution in [-0.2, 0) is 11.2 Å². The number of carbonyl (C=O) groups excluding carboxylic acids is 1. The number of pyridine rings is 1. The van der Waals surface area contributed by atoms with E-state index in [9.17, 15) is 4.79 Å². The van der Waals surface area contributed by atoms with E-state index in [1.165, 1.54) is 6.07 Å². The Balaban J connectivity index is 1.91. The first kappa shape index (κ1) is 13.4. The summed E-state index contributed by atoms with van der Waals surface area (Å²) in [6.07, 6.45) is 2.27. The minimum Gasteiger partial charge on any atom is -0.462 e. The van der Waals surface area contributed by atoms with Gasteiger partial charge in [-0.25, -0.2) is 4.79 Å². The number of ether oxygens (including phenoxy) is 1. The summed E-state index contributed by atoms with van der Waals surface area (Å²) in [4.78, 5) is 15.9. The maximum absolute atomic E-state index is 11.8. The zero-order valence-corrected chi connectivity index (χ0v) is 10.9. The van der Waals surface area contributed by atoms with Crippen LogP contribution in [0.15, 0.2) is 42.6 Å². The molecule has 0 fully saturated rings. The van der Waals surface area contributed by atoms with Gasteiger partial charge in [-0.1, -0.05) is 17.7 Å². The van der Waals surface area contributed by atoms with Crippen molar-refractivity contribution in [3.8, 4) is 0 Å². The van der Waals surface area contributed by atoms with Crippen molar-refractivity contribution in [2.75, 3.05) is 12.3 Å². The SMILES string of the molecule is Nc1ccc(C(=O)OCCc2ccccn2)c(Cl)c1. The molecule has 0 amide bonds. The molecule has 0 bridgehead atoms. The van der Waals surface area contributed by atoms with Gasteiger partial charge in [-0.15, -0.1) is 0 Å². The lowest BCUT2D eigenvalue weighted by atomic mass is 10.2. The van der Waals surface area contributed by atoms with Gasteiger partial charge in [0.2, 0.25) is 0 Å². The summed E-state index contributed by atoms with van der Waals surface area (Å²) >= 11 is 5.93. The van der Waals surface area contributed by atoms with Gasteiger partial charge >= 0.3 is 5.97 Å². The van der Waals surface area contributed by atoms with Crippen LogP contribution >= 0.6 is 11.6 Å². The Labute approximate surface area is 116 Å². The first-order chi connectivity index (χ1) is 9.16. The minimum atomic E-state index is -0.457. The third-order valence-corrected chi connectivity index (χ3v) is 2.84. The number of nitrogen functional groups attached to an aromatic ring is 1. The second-order valence-electron chi connectivity index (χ2n) is 3.95. The monoisotopic (exact) mass is 276 g/mol. The number of halogens is 1. The molecule has 1 aromatic carbocycles. The number of hydrogen-bond donors (Lipinski definition) is 1. The van der Waals surface area contributed by atoms with Crippen LogP contribution in [-0.4, -0.2) is 17.6 Å². The molecule has 0 aliphatic heterocycles. The summed E-state index contributed by atoms with van der Waals surface area (Å²) in [5.74, 6) is -0.457. The molecule has 0 aliphatic carbocycles. The van der Waals surface area contributed by atoms with Crippen molar-refractivity contribution >= 4 is 23.3 Å². The highest BCUT2D eigenvalue weighted by Gasteiger charge is 2.11. The van der Waals surface area contributed by atoms with Crippen LogP contribution in [0.1, 0.15) is 16.1 Å². The van der Waals surface area contributed by atoms with Crippen molar-refractivity contribution in [1.82, 2.24) is 4.98 Å². The van der Waals surface area contributed by atoms with E-state index in [0.717, 1.165) is 5.69 Å². The van der Waals surface area contributed by atoms with Crippen LogP contribution in [0.25, 0.3) is 0 Å². The molecule has 1 heterocycles. The van der Waals surface area contributed by atoms with E-state index in [0.29, 0.717) is 22.7 Å². The van der Waals surface area contributed by atoms with E-state index >= 15 is 0 Å². The lowest BCUT2D eigenvalue weighted by Gasteiger charge is -2.06. The second kappa shape index (κ2) is 6.20. The number of carbonyl (C=O) groups is 1. The van der Waals surface area contributed by atoms with Crippen LogP contribution < -0.4 is 5.73 Å². The minimum absolute atomic E-state index is 0.260. The van der Waals surface area contributed by atoms with Gasteiger partial charge in [0, 0.05) is 24.0 Å². The molecule has 0 atom stereocenters. The molecule has 1 aromatic heterocycles. The number of hydrogen-bond acceptors (Lipinski definition) is 4. The Morgan fingerprint density at radius 3 is 2.84 bits per heavy atom. The molecular weight excluding hydrogens is 264 g/mol. The van der Waals surface area contributed by atoms with Gasteiger partial charge in [0.1, 0.15) is 0 Å². The van der Waals surface area contributed by atoms with Crippen molar-refractivity contribution in [1.29, 1.82) is 0 Å². The number of aromatic nitrogens is 1. The summed E-state index contributed by atoms with van der Waals surface area (Å²) in [7, 11) is 0. The molecule has 2 aromatic rings. The van der Waals surface area contributed by atoms with Gasteiger partial charge < -0.3 is 10.5 Å². The number of esters is 1. The van der Waals surface area contributed by atoms with Crippen LogP contribution in [0.2, 0.25) is 5.02 Å². The van der Waals surface area contributed by atoms with E-state index in [2.05, 4.69) is 4.98 Å². The van der Waals surface area contributed by atoms with Crippen molar-refractivity contribution in [2.24, 2.45) is 0 Å². The highest BCUT2D eigenvalue weighted by Crippen LogP contribution is 2.19. The molecule has 5 heteroatoms. The maximum atomic E-state index is 11.8. The lowest BCUT2D eigenvalue weighted by Crippen LogP contribution is -2.09. The first-order valence-corrected chi connectivity index (χ1v) is 6.16. The summed E-state index contributed by atoms with van der Waals surface area (Å²) < 4.78 is 5.15. The standard InChI is InChI=1S/C14H13ClN2O2/c15-13-9-10(16)4-5-12(13)14(18)19-8-6-11-3-1-2-7-17-11/h1-5,7,9H,6,8,16H2. The second-order valence-corrected chi connectivity index (χ2v) is 4.35. The zero-order valence-electron chi connectivity index (χ0n) is 10.2. The summed E-state index contributed by atoms with van der Waals surface area (Å²) in [6, 6.07) is 10.3. The van der Waals surface area contributed by atoms with E-state index in [1.54, 1.807) is 18.3 Å². The number of nitrogens with two attached hydrogens (primary N) is 1. The van der Waals surface area contributed by atoms with Gasteiger partial charge in [0.15, 0.2) is 0 Å². The average molecular weight is 277 g/mol. The van der Waals surface area contributed by atoms with Crippen LogP contribution in [0.4, 0.5) is 5.69 Å². The first-order valence-electron chi connectivity index (χ1n) is 5.79. The molecule has 0 spiro atoms. The van der Waals surface area contributed by atoms with Crippen molar-refractivity contribution in [2.45, 2.75) is 6.42 Å². The predicted molar refractivity (Wildman–Crippen MR) is 74.1 cm³/mol. The van der Waals surface area contributed by atoms with E-state index in [1.807, 2.05) is 18.2 Å². The topological polar surface area (TPSA) is 65.2 Å². The quantitative estimate of drug-likeness (QED) is 0.689. The van der Waals surface area contributed by atoms with Gasteiger partial charge in [-0.2, -0.15) is 0 Å². The van der Waals surface area contributed by atoms with Gasteiger partial charge in [0.05, 0.1) is 17.2 Å². The van der Waals surface area contributed by atoms with Gasteiger partial charge in [-0.05, 0) is 30.3 Å². The zero-order chi connectivity index (χ0) is 13.7. The Hall–Kier alpha value is -2.07. The van der Waals surface area contributed by atoms with Crippen molar-refractivity contribution < 1.29 is 9.53 Å². The lowest BCUT2D eigenvalue weighted by molar-refractivity contribution is 0.0508. The van der Waals surface area contributed by atoms with Crippen LogP contribution in [0, 0.1) is 0 Å². The Bertz CT molecular complexity index is 573. The normalized spacial score (nSPS) is 10.2. The Morgan fingerprint density at radius 1 is 1.32 bits per heavy atom.